The Labute approximate surface area is 158 Å². The molecule has 0 heterocycles. The zero-order valence-electron chi connectivity index (χ0n) is 15.3. The van der Waals surface area contributed by atoms with Gasteiger partial charge < -0.3 is 20.7 Å². The number of halogens is 1. The smallest absolute Gasteiger partial charge is 0.314 e. The summed E-state index contributed by atoms with van der Waals surface area (Å²) in [4.78, 5) is 23.5. The highest BCUT2D eigenvalue weighted by molar-refractivity contribution is 5.94. The molecule has 144 valence electrons. The molecule has 6 nitrogen and oxygen atoms in total. The minimum atomic E-state index is -0.552. The van der Waals surface area contributed by atoms with Crippen molar-refractivity contribution in [2.24, 2.45) is 0 Å². The van der Waals surface area contributed by atoms with E-state index in [-0.39, 0.29) is 11.6 Å². The van der Waals surface area contributed by atoms with Crippen molar-refractivity contribution < 1.29 is 18.7 Å². The number of ether oxygens (including phenoxy) is 1. The van der Waals surface area contributed by atoms with Gasteiger partial charge in [0.05, 0.1) is 12.7 Å². The van der Waals surface area contributed by atoms with Crippen LogP contribution in [0.1, 0.15) is 22.3 Å². The highest BCUT2D eigenvalue weighted by Crippen LogP contribution is 2.11. The van der Waals surface area contributed by atoms with Gasteiger partial charge in [-0.2, -0.15) is 0 Å². The molecule has 3 amide bonds. The second-order valence-corrected chi connectivity index (χ2v) is 5.87. The normalized spacial score (nSPS) is 10.1. The lowest BCUT2D eigenvalue weighted by Crippen LogP contribution is -2.38. The van der Waals surface area contributed by atoms with Crippen LogP contribution >= 0.6 is 0 Å². The van der Waals surface area contributed by atoms with Crippen LogP contribution in [0.5, 0.6) is 5.75 Å². The summed E-state index contributed by atoms with van der Waals surface area (Å²) in [5, 5.41) is 8.12. The van der Waals surface area contributed by atoms with Crippen molar-refractivity contribution in [3.05, 3.63) is 65.5 Å². The molecule has 0 radical (unpaired) electrons. The summed E-state index contributed by atoms with van der Waals surface area (Å²) < 4.78 is 18.6. The van der Waals surface area contributed by atoms with Gasteiger partial charge in [0.25, 0.3) is 5.91 Å². The Morgan fingerprint density at radius 3 is 2.30 bits per heavy atom. The van der Waals surface area contributed by atoms with E-state index in [0.29, 0.717) is 26.1 Å². The van der Waals surface area contributed by atoms with Crippen molar-refractivity contribution >= 4 is 11.9 Å². The molecule has 0 fully saturated rings. The first kappa shape index (κ1) is 20.2. The average Bonchev–Trinajstić information content (AvgIpc) is 2.68. The minimum absolute atomic E-state index is 0.0155. The molecule has 2 rings (SSSR count). The molecule has 2 aromatic carbocycles. The second kappa shape index (κ2) is 10.8. The number of urea groups is 1. The van der Waals surface area contributed by atoms with E-state index in [1.54, 1.807) is 13.2 Å². The van der Waals surface area contributed by atoms with Crippen LogP contribution in [-0.2, 0) is 6.42 Å². The number of hydrogen-bond acceptors (Lipinski definition) is 3. The molecule has 27 heavy (non-hydrogen) atoms. The fraction of sp³-hybridized carbons (Fsp3) is 0.300. The fourth-order valence-corrected chi connectivity index (χ4v) is 2.41. The molecule has 0 saturated carbocycles. The van der Waals surface area contributed by atoms with Crippen molar-refractivity contribution in [1.29, 1.82) is 0 Å². The fourth-order valence-electron chi connectivity index (χ4n) is 2.41. The van der Waals surface area contributed by atoms with Crippen LogP contribution in [0.3, 0.4) is 0 Å². The molecule has 0 aromatic heterocycles. The molecule has 2 aromatic rings. The van der Waals surface area contributed by atoms with Gasteiger partial charge in [-0.25, -0.2) is 9.18 Å². The van der Waals surface area contributed by atoms with Gasteiger partial charge in [0, 0.05) is 19.6 Å². The van der Waals surface area contributed by atoms with Crippen molar-refractivity contribution in [3.8, 4) is 5.75 Å². The van der Waals surface area contributed by atoms with Crippen LogP contribution in [0, 0.1) is 5.82 Å². The molecule has 0 bridgehead atoms. The lowest BCUT2D eigenvalue weighted by atomic mass is 10.1. The van der Waals surface area contributed by atoms with Crippen LogP contribution in [0.25, 0.3) is 0 Å². The number of nitrogens with one attached hydrogen (secondary N) is 3. The zero-order chi connectivity index (χ0) is 19.5. The summed E-state index contributed by atoms with van der Waals surface area (Å²) in [5.41, 5.74) is 1.12. The summed E-state index contributed by atoms with van der Waals surface area (Å²) in [6, 6.07) is 13.2. The first-order valence-electron chi connectivity index (χ1n) is 8.77. The monoisotopic (exact) mass is 373 g/mol. The molecule has 3 N–H and O–H groups in total. The minimum Gasteiger partial charge on any atom is -0.497 e. The highest BCUT2D eigenvalue weighted by atomic mass is 19.1. The first-order chi connectivity index (χ1) is 13.1. The Bertz CT molecular complexity index is 750. The third-order valence-electron chi connectivity index (χ3n) is 3.90. The van der Waals surface area contributed by atoms with E-state index >= 15 is 0 Å². The van der Waals surface area contributed by atoms with Gasteiger partial charge >= 0.3 is 6.03 Å². The summed E-state index contributed by atoms with van der Waals surface area (Å²) in [5.74, 6) is -0.215. The maximum absolute atomic E-state index is 13.5. The van der Waals surface area contributed by atoms with E-state index in [9.17, 15) is 14.0 Å². The molecule has 0 atom stereocenters. The van der Waals surface area contributed by atoms with Gasteiger partial charge in [-0.3, -0.25) is 4.79 Å². The Hall–Kier alpha value is -3.09. The van der Waals surface area contributed by atoms with Gasteiger partial charge in [-0.15, -0.1) is 0 Å². The first-order valence-corrected chi connectivity index (χ1v) is 8.77. The quantitative estimate of drug-likeness (QED) is 0.591. The Morgan fingerprint density at radius 1 is 0.926 bits per heavy atom. The van der Waals surface area contributed by atoms with Gasteiger partial charge in [0.15, 0.2) is 0 Å². The van der Waals surface area contributed by atoms with E-state index < -0.39 is 11.7 Å². The molecule has 0 unspecified atom stereocenters. The lowest BCUT2D eigenvalue weighted by Gasteiger charge is -2.09. The number of carbonyl (C=O) groups is 2. The Balaban J connectivity index is 1.55. The molecular weight excluding hydrogens is 349 g/mol. The van der Waals surface area contributed by atoms with Crippen LogP contribution < -0.4 is 20.7 Å². The summed E-state index contributed by atoms with van der Waals surface area (Å²) in [6.07, 6.45) is 1.27. The highest BCUT2D eigenvalue weighted by Gasteiger charge is 2.09. The number of benzene rings is 2. The lowest BCUT2D eigenvalue weighted by molar-refractivity contribution is 0.0949. The van der Waals surface area contributed by atoms with E-state index in [2.05, 4.69) is 16.0 Å². The van der Waals surface area contributed by atoms with Crippen LogP contribution in [0.2, 0.25) is 0 Å². The maximum atomic E-state index is 13.5. The number of carbonyl (C=O) groups excluding carboxylic acids is 2. The largest absolute Gasteiger partial charge is 0.497 e. The van der Waals surface area contributed by atoms with Gasteiger partial charge in [0.2, 0.25) is 0 Å². The van der Waals surface area contributed by atoms with Gasteiger partial charge in [-0.05, 0) is 42.7 Å². The molecule has 0 aliphatic carbocycles. The third kappa shape index (κ3) is 6.97. The van der Waals surface area contributed by atoms with E-state index in [4.69, 9.17) is 4.74 Å². The Morgan fingerprint density at radius 2 is 1.59 bits per heavy atom. The van der Waals surface area contributed by atoms with Crippen molar-refractivity contribution in [3.63, 3.8) is 0 Å². The number of hydrogen-bond donors (Lipinski definition) is 3. The molecule has 0 spiro atoms. The SMILES string of the molecule is COc1ccc(CCNC(=O)NCCCNC(=O)c2ccccc2F)cc1. The predicted molar refractivity (Wildman–Crippen MR) is 101 cm³/mol. The van der Waals surface area contributed by atoms with E-state index in [0.717, 1.165) is 17.7 Å². The van der Waals surface area contributed by atoms with Crippen molar-refractivity contribution in [2.75, 3.05) is 26.7 Å². The van der Waals surface area contributed by atoms with Crippen LogP contribution in [0.15, 0.2) is 48.5 Å². The standard InChI is InChI=1S/C20H24FN3O3/c1-27-16-9-7-15(8-10-16)11-14-24-20(26)23-13-4-12-22-19(25)17-5-2-3-6-18(17)21/h2-3,5-10H,4,11-14H2,1H3,(H,22,25)(H2,23,24,26). The third-order valence-corrected chi connectivity index (χ3v) is 3.90. The summed E-state index contributed by atoms with van der Waals surface area (Å²) in [6.45, 7) is 1.27. The molecule has 7 heteroatoms. The van der Waals surface area contributed by atoms with Crippen LogP contribution in [-0.4, -0.2) is 38.7 Å². The van der Waals surface area contributed by atoms with Gasteiger partial charge in [-0.1, -0.05) is 24.3 Å². The summed E-state index contributed by atoms with van der Waals surface area (Å²) >= 11 is 0. The average molecular weight is 373 g/mol. The Kier molecular flexibility index (Phi) is 8.09. The van der Waals surface area contributed by atoms with Crippen molar-refractivity contribution in [2.45, 2.75) is 12.8 Å². The molecule has 0 aliphatic heterocycles. The topological polar surface area (TPSA) is 79.5 Å². The predicted octanol–water partition coefficient (Wildman–Crippen LogP) is 2.50. The second-order valence-electron chi connectivity index (χ2n) is 5.87. The zero-order valence-corrected chi connectivity index (χ0v) is 15.3. The maximum Gasteiger partial charge on any atom is 0.314 e. The van der Waals surface area contributed by atoms with E-state index in [1.165, 1.54) is 18.2 Å². The number of rotatable bonds is 9. The van der Waals surface area contributed by atoms with E-state index in [1.807, 2.05) is 24.3 Å². The number of amides is 3. The molecule has 0 saturated heterocycles. The van der Waals surface area contributed by atoms with Gasteiger partial charge in [0.1, 0.15) is 11.6 Å². The van der Waals surface area contributed by atoms with Crippen LogP contribution in [0.4, 0.5) is 9.18 Å². The summed E-state index contributed by atoms with van der Waals surface area (Å²) in [7, 11) is 1.62. The number of methoxy groups -OCH3 is 1. The molecule has 0 aliphatic rings. The molecular formula is C20H24FN3O3. The van der Waals surface area contributed by atoms with Crippen molar-refractivity contribution in [1.82, 2.24) is 16.0 Å².